The van der Waals surface area contributed by atoms with Gasteiger partial charge in [-0.25, -0.2) is 4.79 Å². The van der Waals surface area contributed by atoms with Crippen molar-refractivity contribution in [3.63, 3.8) is 0 Å². The molecule has 0 bridgehead atoms. The number of aliphatic hydroxyl groups excluding tert-OH is 1. The highest BCUT2D eigenvalue weighted by Crippen LogP contribution is 2.05. The summed E-state index contributed by atoms with van der Waals surface area (Å²) in [5.74, 6) is -6.44. The van der Waals surface area contributed by atoms with Gasteiger partial charge in [0.1, 0.15) is 24.2 Å². The second-order valence-corrected chi connectivity index (χ2v) is 7.63. The van der Waals surface area contributed by atoms with Crippen LogP contribution in [-0.2, 0) is 28.8 Å². The van der Waals surface area contributed by atoms with Crippen molar-refractivity contribution in [3.05, 3.63) is 0 Å². The van der Waals surface area contributed by atoms with E-state index in [9.17, 15) is 39.0 Å². The van der Waals surface area contributed by atoms with E-state index in [1.807, 2.05) is 0 Å². The fourth-order valence-corrected chi connectivity index (χ4v) is 2.49. The summed E-state index contributed by atoms with van der Waals surface area (Å²) >= 11 is 0. The average molecular weight is 460 g/mol. The zero-order valence-corrected chi connectivity index (χ0v) is 18.2. The van der Waals surface area contributed by atoms with Gasteiger partial charge in [-0.2, -0.15) is 0 Å². The zero-order valence-electron chi connectivity index (χ0n) is 18.2. The molecule has 0 aliphatic heterocycles. The van der Waals surface area contributed by atoms with Gasteiger partial charge in [0.25, 0.3) is 0 Å². The Morgan fingerprint density at radius 2 is 1.31 bits per heavy atom. The van der Waals surface area contributed by atoms with E-state index in [2.05, 4.69) is 16.0 Å². The molecule has 5 amide bonds. The molecule has 0 saturated carbocycles. The Labute approximate surface area is 184 Å². The molecule has 32 heavy (non-hydrogen) atoms. The Hall–Kier alpha value is -3.26. The monoisotopic (exact) mass is 460 g/mol. The molecule has 0 spiro atoms. The van der Waals surface area contributed by atoms with E-state index in [-0.39, 0.29) is 12.8 Å². The summed E-state index contributed by atoms with van der Waals surface area (Å²) in [4.78, 5) is 71.2. The van der Waals surface area contributed by atoms with Crippen molar-refractivity contribution in [2.75, 3.05) is 0 Å². The smallest absolute Gasteiger partial charge is 0.326 e. The predicted molar refractivity (Wildman–Crippen MR) is 110 cm³/mol. The molecule has 0 aliphatic carbocycles. The summed E-state index contributed by atoms with van der Waals surface area (Å²) < 4.78 is 0. The minimum Gasteiger partial charge on any atom is -0.480 e. The Kier molecular flexibility index (Phi) is 11.9. The first-order valence-electron chi connectivity index (χ1n) is 9.81. The summed E-state index contributed by atoms with van der Waals surface area (Å²) in [6, 6.07) is -5.64. The van der Waals surface area contributed by atoms with Gasteiger partial charge in [-0.1, -0.05) is 13.8 Å². The molecule has 5 atom stereocenters. The van der Waals surface area contributed by atoms with Crippen LogP contribution in [0.15, 0.2) is 0 Å². The van der Waals surface area contributed by atoms with Crippen LogP contribution < -0.4 is 33.2 Å². The van der Waals surface area contributed by atoms with Crippen LogP contribution in [0.5, 0.6) is 0 Å². The van der Waals surface area contributed by atoms with Crippen LogP contribution in [-0.4, -0.2) is 76.0 Å². The predicted octanol–water partition coefficient (Wildman–Crippen LogP) is -3.97. The van der Waals surface area contributed by atoms with Crippen molar-refractivity contribution in [1.29, 1.82) is 0 Å². The van der Waals surface area contributed by atoms with Gasteiger partial charge in [-0.15, -0.1) is 0 Å². The SMILES string of the molecule is CC(C)C(NC(=O)C(CC(N)=O)NC(=O)C(CCC(N)=O)NC(=O)C(N)C(C)O)C(=O)O. The fourth-order valence-electron chi connectivity index (χ4n) is 2.49. The van der Waals surface area contributed by atoms with E-state index in [0.29, 0.717) is 0 Å². The molecule has 0 heterocycles. The molecule has 0 rings (SSSR count). The first-order valence-corrected chi connectivity index (χ1v) is 9.81. The molecule has 0 radical (unpaired) electrons. The van der Waals surface area contributed by atoms with Crippen molar-refractivity contribution < 1.29 is 39.0 Å². The lowest BCUT2D eigenvalue weighted by Gasteiger charge is -2.25. The van der Waals surface area contributed by atoms with E-state index in [1.165, 1.54) is 6.92 Å². The molecular formula is C18H32N6O8. The Bertz CT molecular complexity index is 726. The van der Waals surface area contributed by atoms with Gasteiger partial charge in [-0.3, -0.25) is 24.0 Å². The lowest BCUT2D eigenvalue weighted by molar-refractivity contribution is -0.143. The average Bonchev–Trinajstić information content (AvgIpc) is 2.66. The first-order chi connectivity index (χ1) is 14.7. The van der Waals surface area contributed by atoms with E-state index in [1.54, 1.807) is 13.8 Å². The number of carbonyl (C=O) groups excluding carboxylic acids is 5. The third-order valence-electron chi connectivity index (χ3n) is 4.40. The number of aliphatic carboxylic acids is 1. The topological polar surface area (TPSA) is 257 Å². The number of hydrogen-bond acceptors (Lipinski definition) is 8. The van der Waals surface area contributed by atoms with Gasteiger partial charge in [0, 0.05) is 6.42 Å². The number of carboxylic acids is 1. The molecule has 11 N–H and O–H groups in total. The molecule has 0 aromatic carbocycles. The third kappa shape index (κ3) is 10.2. The molecule has 0 fully saturated rings. The third-order valence-corrected chi connectivity index (χ3v) is 4.40. The summed E-state index contributed by atoms with van der Waals surface area (Å²) in [5, 5.41) is 25.3. The van der Waals surface area contributed by atoms with E-state index in [4.69, 9.17) is 17.2 Å². The number of nitrogens with two attached hydrogens (primary N) is 3. The number of rotatable bonds is 14. The first kappa shape index (κ1) is 28.7. The van der Waals surface area contributed by atoms with E-state index in [0.717, 1.165) is 0 Å². The lowest BCUT2D eigenvalue weighted by atomic mass is 10.0. The largest absolute Gasteiger partial charge is 0.480 e. The quantitative estimate of drug-likeness (QED) is 0.125. The highest BCUT2D eigenvalue weighted by Gasteiger charge is 2.32. The molecule has 14 heteroatoms. The van der Waals surface area contributed by atoms with Crippen molar-refractivity contribution >= 4 is 35.5 Å². The van der Waals surface area contributed by atoms with E-state index < -0.39 is 78.1 Å². The standard InChI is InChI=1S/C18H32N6O8/c1-7(2)14(18(31)32)24-16(29)10(6-12(20)27)23-15(28)9(4-5-11(19)26)22-17(30)13(21)8(3)25/h7-10,13-14,25H,4-6,21H2,1-3H3,(H2,19,26)(H2,20,27)(H,22,30)(H,23,28)(H,24,29)(H,31,32). The van der Waals surface area contributed by atoms with Crippen LogP contribution in [0.4, 0.5) is 0 Å². The highest BCUT2D eigenvalue weighted by molar-refractivity contribution is 5.96. The summed E-state index contributed by atoms with van der Waals surface area (Å²) in [6.07, 6.45) is -2.49. The number of carboxylic acid groups (broad SMARTS) is 1. The van der Waals surface area contributed by atoms with Crippen LogP contribution in [0.1, 0.15) is 40.0 Å². The second-order valence-electron chi connectivity index (χ2n) is 7.63. The van der Waals surface area contributed by atoms with Crippen molar-refractivity contribution in [2.24, 2.45) is 23.1 Å². The van der Waals surface area contributed by atoms with Crippen LogP contribution in [0.2, 0.25) is 0 Å². The number of hydrogen-bond donors (Lipinski definition) is 8. The summed E-state index contributed by atoms with van der Waals surface area (Å²) in [6.45, 7) is 4.34. The summed E-state index contributed by atoms with van der Waals surface area (Å²) in [7, 11) is 0. The minimum absolute atomic E-state index is 0.270. The maximum absolute atomic E-state index is 12.7. The van der Waals surface area contributed by atoms with Gasteiger partial charge < -0.3 is 43.4 Å². The molecule has 14 nitrogen and oxygen atoms in total. The summed E-state index contributed by atoms with van der Waals surface area (Å²) in [5.41, 5.74) is 15.7. The number of primary amides is 2. The molecule has 0 saturated heterocycles. The van der Waals surface area contributed by atoms with Crippen molar-refractivity contribution in [2.45, 2.75) is 70.3 Å². The van der Waals surface area contributed by atoms with Gasteiger partial charge >= 0.3 is 5.97 Å². The van der Waals surface area contributed by atoms with Crippen molar-refractivity contribution in [3.8, 4) is 0 Å². The minimum atomic E-state index is -1.56. The van der Waals surface area contributed by atoms with Crippen LogP contribution >= 0.6 is 0 Å². The highest BCUT2D eigenvalue weighted by atomic mass is 16.4. The molecule has 5 unspecified atom stereocenters. The lowest BCUT2D eigenvalue weighted by Crippen LogP contribution is -2.59. The van der Waals surface area contributed by atoms with Gasteiger partial charge in [0.15, 0.2) is 0 Å². The zero-order chi connectivity index (χ0) is 25.2. The molecular weight excluding hydrogens is 428 g/mol. The Morgan fingerprint density at radius 1 is 0.812 bits per heavy atom. The number of carbonyl (C=O) groups is 6. The Morgan fingerprint density at radius 3 is 1.72 bits per heavy atom. The van der Waals surface area contributed by atoms with Gasteiger partial charge in [0.2, 0.25) is 29.5 Å². The molecule has 0 aromatic rings. The van der Waals surface area contributed by atoms with Crippen LogP contribution in [0.25, 0.3) is 0 Å². The van der Waals surface area contributed by atoms with Gasteiger partial charge in [-0.05, 0) is 19.3 Å². The number of amides is 5. The van der Waals surface area contributed by atoms with E-state index >= 15 is 0 Å². The fraction of sp³-hybridized carbons (Fsp3) is 0.667. The van der Waals surface area contributed by atoms with Gasteiger partial charge in [0.05, 0.1) is 12.5 Å². The second kappa shape index (κ2) is 13.2. The molecule has 182 valence electrons. The Balaban J connectivity index is 5.59. The maximum Gasteiger partial charge on any atom is 0.326 e. The molecule has 0 aromatic heterocycles. The number of aliphatic hydroxyl groups is 1. The van der Waals surface area contributed by atoms with Crippen molar-refractivity contribution in [1.82, 2.24) is 16.0 Å². The normalized spacial score (nSPS) is 15.6. The van der Waals surface area contributed by atoms with Crippen LogP contribution in [0, 0.1) is 5.92 Å². The number of nitrogens with one attached hydrogen (secondary N) is 3. The maximum atomic E-state index is 12.7. The van der Waals surface area contributed by atoms with Crippen LogP contribution in [0.3, 0.4) is 0 Å². The molecule has 0 aliphatic rings.